The van der Waals surface area contributed by atoms with E-state index in [2.05, 4.69) is 0 Å². The van der Waals surface area contributed by atoms with Gasteiger partial charge in [0.05, 0.1) is 29.1 Å². The second-order valence-electron chi connectivity index (χ2n) is 5.81. The van der Waals surface area contributed by atoms with Gasteiger partial charge in [0.25, 0.3) is 0 Å². The Bertz CT molecular complexity index is 739. The molecule has 1 heterocycles. The number of hydrogen-bond acceptors (Lipinski definition) is 7. The molecule has 3 N–H and O–H groups in total. The van der Waals surface area contributed by atoms with Crippen molar-refractivity contribution in [2.45, 2.75) is 25.5 Å². The molecule has 10 heteroatoms. The Balaban J connectivity index is 2.34. The molecule has 2 rings (SSSR count). The lowest BCUT2D eigenvalue weighted by Gasteiger charge is -2.32. The van der Waals surface area contributed by atoms with Gasteiger partial charge in [-0.1, -0.05) is 0 Å². The Morgan fingerprint density at radius 3 is 2.71 bits per heavy atom. The van der Waals surface area contributed by atoms with Gasteiger partial charge in [-0.3, -0.25) is 10.1 Å². The third-order valence-electron chi connectivity index (χ3n) is 3.90. The second kappa shape index (κ2) is 6.99. The van der Waals surface area contributed by atoms with Gasteiger partial charge in [-0.15, -0.1) is 0 Å². The molecular weight excluding hydrogens is 343 g/mol. The number of nitro groups is 1. The van der Waals surface area contributed by atoms with Gasteiger partial charge in [-0.2, -0.15) is 4.39 Å². The van der Waals surface area contributed by atoms with E-state index in [0.29, 0.717) is 5.56 Å². The number of sulfone groups is 1. The first-order chi connectivity index (χ1) is 11.1. The van der Waals surface area contributed by atoms with Crippen molar-refractivity contribution in [1.82, 2.24) is 0 Å². The van der Waals surface area contributed by atoms with Crippen LogP contribution in [-0.4, -0.2) is 48.7 Å². The van der Waals surface area contributed by atoms with E-state index in [9.17, 15) is 28.0 Å². The van der Waals surface area contributed by atoms with Crippen molar-refractivity contribution in [3.8, 4) is 5.75 Å². The van der Waals surface area contributed by atoms with Gasteiger partial charge in [0.15, 0.2) is 9.84 Å². The second-order valence-corrected chi connectivity index (χ2v) is 7.96. The third-order valence-corrected chi connectivity index (χ3v) is 5.73. The number of aliphatic hydroxyl groups excluding tert-OH is 1. The van der Waals surface area contributed by atoms with Crippen LogP contribution in [0.5, 0.6) is 5.75 Å². The molecule has 0 aromatic heterocycles. The summed E-state index contributed by atoms with van der Waals surface area (Å²) in [7, 11) is -3.40. The monoisotopic (exact) mass is 362 g/mol. The highest BCUT2D eigenvalue weighted by Crippen LogP contribution is 2.33. The fourth-order valence-corrected chi connectivity index (χ4v) is 4.79. The van der Waals surface area contributed by atoms with E-state index >= 15 is 0 Å². The summed E-state index contributed by atoms with van der Waals surface area (Å²) in [5, 5.41) is 21.0. The van der Waals surface area contributed by atoms with E-state index in [1.54, 1.807) is 6.92 Å². The minimum Gasteiger partial charge on any atom is -0.487 e. The molecule has 3 atom stereocenters. The Morgan fingerprint density at radius 2 is 2.12 bits per heavy atom. The smallest absolute Gasteiger partial charge is 0.346 e. The van der Waals surface area contributed by atoms with Crippen LogP contribution in [0.2, 0.25) is 0 Å². The highest BCUT2D eigenvalue weighted by atomic mass is 32.2. The maximum Gasteiger partial charge on any atom is 0.346 e. The average molecular weight is 362 g/mol. The molecule has 0 aliphatic carbocycles. The molecule has 1 aliphatic heterocycles. The van der Waals surface area contributed by atoms with Crippen LogP contribution in [0.4, 0.5) is 10.1 Å². The van der Waals surface area contributed by atoms with Crippen LogP contribution in [0, 0.1) is 21.8 Å². The number of nitro benzene ring substituents is 1. The van der Waals surface area contributed by atoms with Crippen LogP contribution in [0.25, 0.3) is 0 Å². The normalized spacial score (nSPS) is 26.1. The quantitative estimate of drug-likeness (QED) is 0.572. The minimum absolute atomic E-state index is 0.0169. The molecule has 1 saturated heterocycles. The summed E-state index contributed by atoms with van der Waals surface area (Å²) in [6.45, 7) is 1.71. The molecule has 8 nitrogen and oxygen atoms in total. The fourth-order valence-electron chi connectivity index (χ4n) is 2.90. The van der Waals surface area contributed by atoms with Crippen molar-refractivity contribution in [2.24, 2.45) is 11.7 Å². The molecule has 0 bridgehead atoms. The van der Waals surface area contributed by atoms with Gasteiger partial charge in [0.2, 0.25) is 11.6 Å². The summed E-state index contributed by atoms with van der Waals surface area (Å²) < 4.78 is 42.8. The standard InChI is InChI=1S/C14H19FN2O6S/c1-2-23-12-5-8(4-10(15)13(12)17(19)20)3-9-6-24(21,22)7-11(16)14(9)18/h4-5,9,11,14,18H,2-3,6-7,16H2,1H3/t9-,11+,14+/m1/s1. The van der Waals surface area contributed by atoms with E-state index in [1.165, 1.54) is 6.07 Å². The van der Waals surface area contributed by atoms with Crippen molar-refractivity contribution in [2.75, 3.05) is 18.1 Å². The molecule has 1 aromatic carbocycles. The number of nitrogens with two attached hydrogens (primary N) is 1. The van der Waals surface area contributed by atoms with Gasteiger partial charge in [0, 0.05) is 12.0 Å². The first-order valence-electron chi connectivity index (χ1n) is 7.38. The Kier molecular flexibility index (Phi) is 5.41. The minimum atomic E-state index is -3.40. The summed E-state index contributed by atoms with van der Waals surface area (Å²) in [6, 6.07) is 1.34. The highest BCUT2D eigenvalue weighted by Gasteiger charge is 2.38. The van der Waals surface area contributed by atoms with Crippen molar-refractivity contribution in [3.05, 3.63) is 33.6 Å². The lowest BCUT2D eigenvalue weighted by molar-refractivity contribution is -0.388. The van der Waals surface area contributed by atoms with Gasteiger partial charge < -0.3 is 15.6 Å². The van der Waals surface area contributed by atoms with Crippen LogP contribution in [0.3, 0.4) is 0 Å². The molecule has 1 aromatic rings. The van der Waals surface area contributed by atoms with Crippen LogP contribution in [0.1, 0.15) is 12.5 Å². The summed E-state index contributed by atoms with van der Waals surface area (Å²) in [6.07, 6.45) is -1.04. The molecule has 0 radical (unpaired) electrons. The third kappa shape index (κ3) is 4.00. The lowest BCUT2D eigenvalue weighted by Crippen LogP contribution is -2.52. The summed E-state index contributed by atoms with van der Waals surface area (Å²) in [5.74, 6) is -2.59. The number of nitrogens with zero attached hydrogens (tertiary/aromatic N) is 1. The molecule has 0 unspecified atom stereocenters. The zero-order valence-corrected chi connectivity index (χ0v) is 13.8. The molecule has 0 amide bonds. The fraction of sp³-hybridized carbons (Fsp3) is 0.571. The van der Waals surface area contributed by atoms with E-state index < -0.39 is 44.3 Å². The van der Waals surface area contributed by atoms with Gasteiger partial charge in [-0.05, 0) is 31.0 Å². The maximum atomic E-state index is 14.0. The van der Waals surface area contributed by atoms with E-state index in [4.69, 9.17) is 10.5 Å². The van der Waals surface area contributed by atoms with Crippen LogP contribution >= 0.6 is 0 Å². The molecule has 134 valence electrons. The molecule has 0 spiro atoms. The summed E-state index contributed by atoms with van der Waals surface area (Å²) in [5.41, 5.74) is 5.18. The molecule has 1 aliphatic rings. The predicted molar refractivity (Wildman–Crippen MR) is 84.1 cm³/mol. The number of benzene rings is 1. The first-order valence-corrected chi connectivity index (χ1v) is 9.20. The SMILES string of the molecule is CCOc1cc(C[C@@H]2CS(=O)(=O)C[C@H](N)[C@H]2O)cc(F)c1[N+](=O)[O-]. The van der Waals surface area contributed by atoms with E-state index in [0.717, 1.165) is 6.07 Å². The topological polar surface area (TPSA) is 133 Å². The van der Waals surface area contributed by atoms with Crippen LogP contribution < -0.4 is 10.5 Å². The van der Waals surface area contributed by atoms with Gasteiger partial charge >= 0.3 is 5.69 Å². The largest absolute Gasteiger partial charge is 0.487 e. The average Bonchev–Trinajstić information content (AvgIpc) is 2.43. The Hall–Kier alpha value is -1.78. The zero-order valence-electron chi connectivity index (χ0n) is 13.0. The lowest BCUT2D eigenvalue weighted by atomic mass is 9.91. The van der Waals surface area contributed by atoms with Crippen molar-refractivity contribution in [3.63, 3.8) is 0 Å². The highest BCUT2D eigenvalue weighted by molar-refractivity contribution is 7.91. The Morgan fingerprint density at radius 1 is 1.46 bits per heavy atom. The van der Waals surface area contributed by atoms with Crippen molar-refractivity contribution >= 4 is 15.5 Å². The Labute approximate surface area is 138 Å². The predicted octanol–water partition coefficient (Wildman–Crippen LogP) is 0.408. The first kappa shape index (κ1) is 18.6. The number of rotatable bonds is 5. The molecule has 0 saturated carbocycles. The summed E-state index contributed by atoms with van der Waals surface area (Å²) in [4.78, 5) is 10.1. The van der Waals surface area contributed by atoms with Crippen molar-refractivity contribution < 1.29 is 27.6 Å². The number of halogens is 1. The van der Waals surface area contributed by atoms with E-state index in [-0.39, 0.29) is 30.3 Å². The van der Waals surface area contributed by atoms with Gasteiger partial charge in [0.1, 0.15) is 0 Å². The summed E-state index contributed by atoms with van der Waals surface area (Å²) >= 11 is 0. The van der Waals surface area contributed by atoms with Crippen molar-refractivity contribution in [1.29, 1.82) is 0 Å². The number of hydrogen-bond donors (Lipinski definition) is 2. The van der Waals surface area contributed by atoms with E-state index in [1.807, 2.05) is 0 Å². The molecular formula is C14H19FN2O6S. The molecule has 24 heavy (non-hydrogen) atoms. The number of aliphatic hydroxyl groups is 1. The molecule has 1 fully saturated rings. The van der Waals surface area contributed by atoms with Crippen LogP contribution in [-0.2, 0) is 16.3 Å². The van der Waals surface area contributed by atoms with Gasteiger partial charge in [-0.25, -0.2) is 8.42 Å². The number of ether oxygens (including phenoxy) is 1. The van der Waals surface area contributed by atoms with Crippen LogP contribution in [0.15, 0.2) is 12.1 Å². The zero-order chi connectivity index (χ0) is 18.1. The maximum absolute atomic E-state index is 14.0.